The summed E-state index contributed by atoms with van der Waals surface area (Å²) in [6.45, 7) is 0.952. The first kappa shape index (κ1) is 20.5. The van der Waals surface area contributed by atoms with Gasteiger partial charge in [-0.1, -0.05) is 11.6 Å². The molecule has 0 aromatic heterocycles. The molecule has 1 N–H and O–H groups in total. The summed E-state index contributed by atoms with van der Waals surface area (Å²) in [6.07, 6.45) is -7.04. The van der Waals surface area contributed by atoms with Crippen molar-refractivity contribution in [2.24, 2.45) is 0 Å². The van der Waals surface area contributed by atoms with E-state index in [1.54, 1.807) is 0 Å². The van der Waals surface area contributed by atoms with E-state index in [0.29, 0.717) is 0 Å². The van der Waals surface area contributed by atoms with E-state index in [2.05, 4.69) is 0 Å². The molecule has 13 heteroatoms. The summed E-state index contributed by atoms with van der Waals surface area (Å²) in [5.41, 5.74) is -2.75. The van der Waals surface area contributed by atoms with Crippen molar-refractivity contribution in [2.75, 3.05) is 0 Å². The zero-order valence-corrected chi connectivity index (χ0v) is 12.1. The predicted octanol–water partition coefficient (Wildman–Crippen LogP) is 4.17. The highest BCUT2D eigenvalue weighted by Gasteiger charge is 2.82. The Morgan fingerprint density at radius 1 is 0.875 bits per heavy atom. The minimum Gasteiger partial charge on any atom is -0.282 e. The van der Waals surface area contributed by atoms with E-state index < -0.39 is 44.5 Å². The highest BCUT2D eigenvalue weighted by Crippen LogP contribution is 2.57. The second-order valence-electron chi connectivity index (χ2n) is 4.70. The molecule has 0 spiro atoms. The maximum atomic E-state index is 13.8. The van der Waals surface area contributed by atoms with Crippen molar-refractivity contribution in [2.45, 2.75) is 35.8 Å². The van der Waals surface area contributed by atoms with Crippen LogP contribution in [0.3, 0.4) is 0 Å². The molecular weight excluding hydrogens is 383 g/mol. The van der Waals surface area contributed by atoms with E-state index in [1.165, 1.54) is 0 Å². The van der Waals surface area contributed by atoms with Gasteiger partial charge >= 0.3 is 23.9 Å². The number of benzene rings is 1. The third-order valence-electron chi connectivity index (χ3n) is 2.90. The van der Waals surface area contributed by atoms with E-state index in [1.807, 2.05) is 0 Å². The molecule has 24 heavy (non-hydrogen) atoms. The summed E-state index contributed by atoms with van der Waals surface area (Å²) in [5, 5.41) is 0. The molecule has 0 fully saturated rings. The van der Waals surface area contributed by atoms with Crippen LogP contribution in [0.4, 0.5) is 39.5 Å². The van der Waals surface area contributed by atoms with Crippen molar-refractivity contribution >= 4 is 10.1 Å². The van der Waals surface area contributed by atoms with Crippen LogP contribution in [-0.4, -0.2) is 31.0 Å². The number of aryl methyl sites for hydroxylation is 1. The molecule has 0 radical (unpaired) electrons. The molecule has 0 aliphatic rings. The predicted molar refractivity (Wildman–Crippen MR) is 60.8 cm³/mol. The van der Waals surface area contributed by atoms with Crippen LogP contribution in [0.2, 0.25) is 0 Å². The lowest BCUT2D eigenvalue weighted by atomic mass is 9.95. The zero-order valence-electron chi connectivity index (χ0n) is 11.3. The largest absolute Gasteiger partial charge is 0.460 e. The number of halogens is 9. The summed E-state index contributed by atoms with van der Waals surface area (Å²) in [7, 11) is -5.61. The van der Waals surface area contributed by atoms with Crippen molar-refractivity contribution < 1.29 is 52.5 Å². The fraction of sp³-hybridized carbons (Fsp3) is 0.455. The van der Waals surface area contributed by atoms with Gasteiger partial charge < -0.3 is 0 Å². The summed E-state index contributed by atoms with van der Waals surface area (Å²) >= 11 is 0. The summed E-state index contributed by atoms with van der Waals surface area (Å²) in [5.74, 6) is -20.5. The smallest absolute Gasteiger partial charge is 0.282 e. The number of hydrogen-bond acceptors (Lipinski definition) is 2. The van der Waals surface area contributed by atoms with Crippen LogP contribution in [0.5, 0.6) is 0 Å². The van der Waals surface area contributed by atoms with Gasteiger partial charge in [0.2, 0.25) is 0 Å². The fourth-order valence-electron chi connectivity index (χ4n) is 1.66. The molecule has 1 aromatic rings. The van der Waals surface area contributed by atoms with E-state index >= 15 is 0 Å². The summed E-state index contributed by atoms with van der Waals surface area (Å²) in [6, 6.07) is 0.877. The second-order valence-corrected chi connectivity index (χ2v) is 6.09. The average Bonchev–Trinajstić information content (AvgIpc) is 2.35. The number of rotatable bonds is 4. The zero-order chi connectivity index (χ0) is 19.4. The Kier molecular flexibility index (Phi) is 4.72. The van der Waals surface area contributed by atoms with Crippen molar-refractivity contribution in [1.82, 2.24) is 0 Å². The van der Waals surface area contributed by atoms with Gasteiger partial charge in [0.05, 0.1) is 0 Å². The standard InChI is InChI=1S/C11H7F9O3S/c1-5-2-3-7(24(21,22)23)6(4-5)8(12,13)9(14,15)10(16,17)11(18,19)20/h2-4H,1H3,(H,21,22,23). The minimum atomic E-state index is -7.18. The molecule has 1 rings (SSSR count). The van der Waals surface area contributed by atoms with Gasteiger partial charge in [-0.05, 0) is 19.1 Å². The lowest BCUT2D eigenvalue weighted by molar-refractivity contribution is -0.399. The van der Waals surface area contributed by atoms with Gasteiger partial charge in [-0.15, -0.1) is 0 Å². The first-order valence-corrected chi connectivity index (χ1v) is 7.10. The van der Waals surface area contributed by atoms with Crippen LogP contribution in [0.15, 0.2) is 23.1 Å². The molecule has 0 atom stereocenters. The Morgan fingerprint density at radius 2 is 1.33 bits per heavy atom. The van der Waals surface area contributed by atoms with Gasteiger partial charge in [-0.3, -0.25) is 4.55 Å². The second kappa shape index (κ2) is 5.51. The van der Waals surface area contributed by atoms with Gasteiger partial charge in [-0.25, -0.2) is 0 Å². The Hall–Kier alpha value is -1.50. The first-order valence-electron chi connectivity index (χ1n) is 5.66. The van der Waals surface area contributed by atoms with Crippen LogP contribution in [0.1, 0.15) is 11.1 Å². The van der Waals surface area contributed by atoms with Crippen LogP contribution in [0.25, 0.3) is 0 Å². The Morgan fingerprint density at radius 3 is 1.71 bits per heavy atom. The van der Waals surface area contributed by atoms with Gasteiger partial charge in [0, 0.05) is 5.56 Å². The molecule has 3 nitrogen and oxygen atoms in total. The molecule has 0 aliphatic heterocycles. The molecule has 0 amide bonds. The van der Waals surface area contributed by atoms with Crippen molar-refractivity contribution in [3.05, 3.63) is 29.3 Å². The number of alkyl halides is 9. The maximum absolute atomic E-state index is 13.8. The molecule has 0 heterocycles. The summed E-state index contributed by atoms with van der Waals surface area (Å²) < 4.78 is 147. The fourth-order valence-corrected chi connectivity index (χ4v) is 2.36. The normalized spacial score (nSPS) is 14.8. The van der Waals surface area contributed by atoms with E-state index in [4.69, 9.17) is 4.55 Å². The first-order chi connectivity index (χ1) is 10.4. The van der Waals surface area contributed by atoms with E-state index in [-0.39, 0.29) is 17.7 Å². The van der Waals surface area contributed by atoms with Crippen molar-refractivity contribution in [1.29, 1.82) is 0 Å². The van der Waals surface area contributed by atoms with Gasteiger partial charge in [-0.2, -0.15) is 47.9 Å². The third-order valence-corrected chi connectivity index (χ3v) is 3.81. The van der Waals surface area contributed by atoms with Crippen LogP contribution in [0, 0.1) is 6.92 Å². The van der Waals surface area contributed by atoms with Gasteiger partial charge in [0.25, 0.3) is 10.1 Å². The van der Waals surface area contributed by atoms with E-state index in [9.17, 15) is 47.9 Å². The van der Waals surface area contributed by atoms with Crippen LogP contribution >= 0.6 is 0 Å². The quantitative estimate of drug-likeness (QED) is 0.620. The SMILES string of the molecule is Cc1ccc(S(=O)(=O)O)c(C(F)(F)C(F)(F)C(F)(F)C(F)(F)F)c1. The van der Waals surface area contributed by atoms with Gasteiger partial charge in [0.15, 0.2) is 0 Å². The molecule has 0 saturated heterocycles. The summed E-state index contributed by atoms with van der Waals surface area (Å²) in [4.78, 5) is -1.92. The van der Waals surface area contributed by atoms with Crippen molar-refractivity contribution in [3.63, 3.8) is 0 Å². The average molecular weight is 390 g/mol. The van der Waals surface area contributed by atoms with E-state index in [0.717, 1.165) is 13.0 Å². The molecule has 0 saturated carbocycles. The van der Waals surface area contributed by atoms with Crippen LogP contribution in [-0.2, 0) is 16.0 Å². The Labute approximate surface area is 128 Å². The monoisotopic (exact) mass is 390 g/mol. The molecule has 0 aliphatic carbocycles. The molecule has 0 unspecified atom stereocenters. The lowest BCUT2D eigenvalue weighted by Crippen LogP contribution is -2.59. The highest BCUT2D eigenvalue weighted by atomic mass is 32.2. The maximum Gasteiger partial charge on any atom is 0.460 e. The Balaban J connectivity index is 3.76. The van der Waals surface area contributed by atoms with Gasteiger partial charge in [0.1, 0.15) is 4.90 Å². The molecule has 0 bridgehead atoms. The lowest BCUT2D eigenvalue weighted by Gasteiger charge is -2.34. The highest BCUT2D eigenvalue weighted by molar-refractivity contribution is 7.85. The molecular formula is C11H7F9O3S. The van der Waals surface area contributed by atoms with Crippen LogP contribution < -0.4 is 0 Å². The number of hydrogen-bond donors (Lipinski definition) is 1. The Bertz CT molecular complexity index is 738. The minimum absolute atomic E-state index is 0.0382. The van der Waals surface area contributed by atoms with Crippen molar-refractivity contribution in [3.8, 4) is 0 Å². The topological polar surface area (TPSA) is 54.4 Å². The molecule has 1 aromatic carbocycles. The third kappa shape index (κ3) is 3.06. The molecule has 138 valence electrons.